The molecule has 0 radical (unpaired) electrons. The van der Waals surface area contributed by atoms with Gasteiger partial charge in [-0.05, 0) is 18.8 Å². The minimum Gasteiger partial charge on any atom is -0.462 e. The Morgan fingerprint density at radius 1 is 1.20 bits per heavy atom. The normalized spacial score (nSPS) is 16.7. The fourth-order valence-corrected chi connectivity index (χ4v) is 1.35. The molecule has 1 rings (SSSR count). The maximum absolute atomic E-state index is 11.1. The maximum Gasteiger partial charge on any atom is 0.317 e. The van der Waals surface area contributed by atoms with Crippen LogP contribution < -0.4 is 0 Å². The summed E-state index contributed by atoms with van der Waals surface area (Å²) >= 11 is 0. The summed E-state index contributed by atoms with van der Waals surface area (Å²) in [7, 11) is 0. The molecule has 0 N–H and O–H groups in total. The predicted molar refractivity (Wildman–Crippen MR) is 49.7 cm³/mol. The average Bonchev–Trinajstić information content (AvgIpc) is 2.81. The Bertz CT molecular complexity index is 280. The van der Waals surface area contributed by atoms with Crippen LogP contribution in [0.2, 0.25) is 0 Å². The van der Waals surface area contributed by atoms with Crippen molar-refractivity contribution >= 4 is 17.9 Å². The minimum absolute atomic E-state index is 0.0379. The van der Waals surface area contributed by atoms with E-state index in [0.717, 1.165) is 19.8 Å². The number of ether oxygens (including phenoxy) is 2. The Morgan fingerprint density at radius 2 is 1.80 bits per heavy atom. The van der Waals surface area contributed by atoms with E-state index in [1.54, 1.807) is 0 Å². The van der Waals surface area contributed by atoms with Gasteiger partial charge in [0.05, 0.1) is 6.42 Å². The molecule has 0 amide bonds. The lowest BCUT2D eigenvalue weighted by Crippen LogP contribution is -2.24. The second-order valence-electron chi connectivity index (χ2n) is 3.66. The van der Waals surface area contributed by atoms with Gasteiger partial charge in [0.2, 0.25) is 0 Å². The fourth-order valence-electron chi connectivity index (χ4n) is 1.35. The van der Waals surface area contributed by atoms with E-state index in [1.165, 1.54) is 6.92 Å². The molecule has 15 heavy (non-hydrogen) atoms. The van der Waals surface area contributed by atoms with Crippen molar-refractivity contribution in [2.75, 3.05) is 0 Å². The largest absolute Gasteiger partial charge is 0.462 e. The van der Waals surface area contributed by atoms with Gasteiger partial charge in [-0.3, -0.25) is 14.4 Å². The molecular weight excluding hydrogens is 200 g/mol. The molecule has 5 heteroatoms. The molecule has 0 heterocycles. The molecule has 1 aliphatic rings. The Labute approximate surface area is 87.7 Å². The molecule has 0 bridgehead atoms. The molecule has 0 aromatic heterocycles. The number of carbonyl (C=O) groups is 3. The first-order valence-corrected chi connectivity index (χ1v) is 4.87. The maximum atomic E-state index is 11.1. The molecule has 0 aromatic carbocycles. The molecular formula is C10H14O5. The number of hydrogen-bond acceptors (Lipinski definition) is 5. The highest BCUT2D eigenvalue weighted by Gasteiger charge is 2.35. The van der Waals surface area contributed by atoms with Crippen LogP contribution in [-0.4, -0.2) is 24.0 Å². The Kier molecular flexibility index (Phi) is 3.82. The fraction of sp³-hybridized carbons (Fsp3) is 0.700. The topological polar surface area (TPSA) is 69.7 Å². The van der Waals surface area contributed by atoms with Gasteiger partial charge in [-0.25, -0.2) is 0 Å². The number of carbonyl (C=O) groups excluding carboxylic acids is 3. The molecule has 1 unspecified atom stereocenters. The van der Waals surface area contributed by atoms with Gasteiger partial charge < -0.3 is 9.47 Å². The first kappa shape index (κ1) is 11.7. The van der Waals surface area contributed by atoms with Crippen LogP contribution in [0.4, 0.5) is 0 Å². The molecule has 1 saturated carbocycles. The summed E-state index contributed by atoms with van der Waals surface area (Å²) in [5.41, 5.74) is 0. The van der Waals surface area contributed by atoms with E-state index in [1.807, 2.05) is 0 Å². The highest BCUT2D eigenvalue weighted by atomic mass is 16.6. The van der Waals surface area contributed by atoms with Crippen LogP contribution in [-0.2, 0) is 23.9 Å². The molecule has 0 saturated heterocycles. The minimum atomic E-state index is -0.641. The zero-order valence-corrected chi connectivity index (χ0v) is 8.82. The molecule has 84 valence electrons. The van der Waals surface area contributed by atoms with Crippen molar-refractivity contribution in [3.63, 3.8) is 0 Å². The van der Waals surface area contributed by atoms with E-state index in [9.17, 15) is 14.4 Å². The van der Waals surface area contributed by atoms with E-state index in [-0.39, 0.29) is 12.3 Å². The lowest BCUT2D eigenvalue weighted by atomic mass is 10.1. The zero-order valence-electron chi connectivity index (χ0n) is 8.82. The number of rotatable bonds is 4. The van der Waals surface area contributed by atoms with Crippen LogP contribution in [0.5, 0.6) is 0 Å². The van der Waals surface area contributed by atoms with Crippen LogP contribution in [0.3, 0.4) is 0 Å². The SMILES string of the molecule is CC(=O)OC(=O)CC(OC(C)=O)C1CC1. The van der Waals surface area contributed by atoms with Crippen molar-refractivity contribution in [2.45, 2.75) is 39.2 Å². The summed E-state index contributed by atoms with van der Waals surface area (Å²) < 4.78 is 9.35. The van der Waals surface area contributed by atoms with Crippen molar-refractivity contribution in [2.24, 2.45) is 5.92 Å². The van der Waals surface area contributed by atoms with Crippen LogP contribution in [0.15, 0.2) is 0 Å². The average molecular weight is 214 g/mol. The first-order valence-electron chi connectivity index (χ1n) is 4.87. The standard InChI is InChI=1S/C10H14O5/c1-6(11)14-9(8-3-4-8)5-10(13)15-7(2)12/h8-9H,3-5H2,1-2H3. The van der Waals surface area contributed by atoms with Crippen LogP contribution >= 0.6 is 0 Å². The summed E-state index contributed by atoms with van der Waals surface area (Å²) in [6.45, 7) is 2.46. The molecule has 5 nitrogen and oxygen atoms in total. The highest BCUT2D eigenvalue weighted by molar-refractivity contribution is 5.84. The van der Waals surface area contributed by atoms with Crippen molar-refractivity contribution < 1.29 is 23.9 Å². The molecule has 1 fully saturated rings. The third kappa shape index (κ3) is 4.58. The lowest BCUT2D eigenvalue weighted by Gasteiger charge is -2.14. The quantitative estimate of drug-likeness (QED) is 0.511. The van der Waals surface area contributed by atoms with E-state index in [2.05, 4.69) is 4.74 Å². The Hall–Kier alpha value is -1.39. The van der Waals surface area contributed by atoms with Gasteiger partial charge in [-0.1, -0.05) is 0 Å². The highest BCUT2D eigenvalue weighted by Crippen LogP contribution is 2.36. The Balaban J connectivity index is 2.40. The molecule has 0 aliphatic heterocycles. The number of hydrogen-bond donors (Lipinski definition) is 0. The summed E-state index contributed by atoms with van der Waals surface area (Å²) in [6, 6.07) is 0. The molecule has 1 atom stereocenters. The van der Waals surface area contributed by atoms with Gasteiger partial charge in [0.25, 0.3) is 0 Å². The molecule has 1 aliphatic carbocycles. The second kappa shape index (κ2) is 4.91. The van der Waals surface area contributed by atoms with E-state index in [0.29, 0.717) is 0 Å². The van der Waals surface area contributed by atoms with Gasteiger partial charge in [0.1, 0.15) is 6.10 Å². The van der Waals surface area contributed by atoms with Gasteiger partial charge in [-0.2, -0.15) is 0 Å². The Morgan fingerprint density at radius 3 is 2.20 bits per heavy atom. The van der Waals surface area contributed by atoms with Crippen molar-refractivity contribution in [3.8, 4) is 0 Å². The van der Waals surface area contributed by atoms with Gasteiger partial charge in [-0.15, -0.1) is 0 Å². The monoisotopic (exact) mass is 214 g/mol. The summed E-state index contributed by atoms with van der Waals surface area (Å²) in [4.78, 5) is 32.4. The predicted octanol–water partition coefficient (Wildman–Crippen LogP) is 0.808. The van der Waals surface area contributed by atoms with Crippen molar-refractivity contribution in [1.82, 2.24) is 0 Å². The van der Waals surface area contributed by atoms with Crippen LogP contribution in [0.25, 0.3) is 0 Å². The summed E-state index contributed by atoms with van der Waals surface area (Å²) in [6.07, 6.45) is 1.43. The van der Waals surface area contributed by atoms with Gasteiger partial charge in [0.15, 0.2) is 0 Å². The molecule has 0 spiro atoms. The smallest absolute Gasteiger partial charge is 0.317 e. The van der Waals surface area contributed by atoms with Gasteiger partial charge >= 0.3 is 17.9 Å². The zero-order chi connectivity index (χ0) is 11.4. The van der Waals surface area contributed by atoms with Crippen molar-refractivity contribution in [3.05, 3.63) is 0 Å². The lowest BCUT2D eigenvalue weighted by molar-refractivity contribution is -0.161. The second-order valence-corrected chi connectivity index (χ2v) is 3.66. The van der Waals surface area contributed by atoms with E-state index >= 15 is 0 Å². The van der Waals surface area contributed by atoms with E-state index in [4.69, 9.17) is 4.74 Å². The van der Waals surface area contributed by atoms with E-state index < -0.39 is 24.0 Å². The first-order chi connectivity index (χ1) is 6.99. The van der Waals surface area contributed by atoms with Crippen LogP contribution in [0, 0.1) is 5.92 Å². The number of esters is 3. The third-order valence-electron chi connectivity index (χ3n) is 2.09. The van der Waals surface area contributed by atoms with Crippen LogP contribution in [0.1, 0.15) is 33.1 Å². The summed E-state index contributed by atoms with van der Waals surface area (Å²) in [5, 5.41) is 0. The van der Waals surface area contributed by atoms with Crippen molar-refractivity contribution in [1.29, 1.82) is 0 Å². The van der Waals surface area contributed by atoms with Gasteiger partial charge in [0, 0.05) is 13.8 Å². The molecule has 0 aromatic rings. The summed E-state index contributed by atoms with van der Waals surface area (Å²) in [5.74, 6) is -1.45. The third-order valence-corrected chi connectivity index (χ3v) is 2.09.